The molecule has 0 aromatic carbocycles. The molecule has 1 unspecified atom stereocenters. The van der Waals surface area contributed by atoms with Crippen molar-refractivity contribution in [2.45, 2.75) is 51.1 Å². The molecule has 1 aliphatic carbocycles. The lowest BCUT2D eigenvalue weighted by Crippen LogP contribution is -2.41. The van der Waals surface area contributed by atoms with Crippen LogP contribution in [-0.2, 0) is 0 Å². The normalized spacial score (nSPS) is 36.2. The summed E-state index contributed by atoms with van der Waals surface area (Å²) in [5.41, 5.74) is 2.20. The summed E-state index contributed by atoms with van der Waals surface area (Å²) in [6.45, 7) is 9.13. The topological polar surface area (TPSA) is 27.3 Å². The second-order valence-corrected chi connectivity index (χ2v) is 6.46. The maximum Gasteiger partial charge on any atom is 0.0338 e. The molecule has 0 aromatic heterocycles. The standard InChI is InChI=1S/C8H15N.C7H16N2/c1-7-4-5-8(2,6-7)9-3;1-7(8-2)4-5-9(3)6-7/h6,9H,4-5H2,1-3H3;8H,4-6H2,1-3H3/t;7-/m.1/s1. The van der Waals surface area contributed by atoms with Crippen LogP contribution in [0.25, 0.3) is 0 Å². The largest absolute Gasteiger partial charge is 0.313 e. The Kier molecular flexibility index (Phi) is 5.38. The van der Waals surface area contributed by atoms with Crippen LogP contribution in [0.4, 0.5) is 0 Å². The third kappa shape index (κ3) is 4.38. The molecule has 2 aliphatic rings. The maximum atomic E-state index is 3.33. The van der Waals surface area contributed by atoms with Gasteiger partial charge in [0.05, 0.1) is 0 Å². The van der Waals surface area contributed by atoms with Crippen molar-refractivity contribution in [1.29, 1.82) is 0 Å². The van der Waals surface area contributed by atoms with Crippen LogP contribution < -0.4 is 10.6 Å². The summed E-state index contributed by atoms with van der Waals surface area (Å²) >= 11 is 0. The van der Waals surface area contributed by atoms with Crippen LogP contribution in [-0.4, -0.2) is 50.2 Å². The Balaban J connectivity index is 0.000000180. The second-order valence-electron chi connectivity index (χ2n) is 6.46. The van der Waals surface area contributed by atoms with Crippen molar-refractivity contribution in [3.8, 4) is 0 Å². The van der Waals surface area contributed by atoms with Crippen LogP contribution in [0, 0.1) is 0 Å². The van der Waals surface area contributed by atoms with E-state index in [-0.39, 0.29) is 0 Å². The molecule has 0 amide bonds. The molecule has 1 fully saturated rings. The van der Waals surface area contributed by atoms with Crippen molar-refractivity contribution in [3.05, 3.63) is 11.6 Å². The summed E-state index contributed by atoms with van der Waals surface area (Å²) in [7, 11) is 6.23. The highest BCUT2D eigenvalue weighted by atomic mass is 15.2. The summed E-state index contributed by atoms with van der Waals surface area (Å²) in [5.74, 6) is 0. The van der Waals surface area contributed by atoms with Crippen LogP contribution in [0.15, 0.2) is 11.6 Å². The Labute approximate surface area is 113 Å². The van der Waals surface area contributed by atoms with E-state index in [4.69, 9.17) is 0 Å². The first-order valence-corrected chi connectivity index (χ1v) is 7.07. The molecule has 1 saturated heterocycles. The highest BCUT2D eigenvalue weighted by molar-refractivity contribution is 5.17. The van der Waals surface area contributed by atoms with Crippen LogP contribution in [0.1, 0.15) is 40.0 Å². The monoisotopic (exact) mass is 253 g/mol. The Morgan fingerprint density at radius 1 is 1.17 bits per heavy atom. The zero-order valence-corrected chi connectivity index (χ0v) is 13.1. The van der Waals surface area contributed by atoms with Gasteiger partial charge in [0.25, 0.3) is 0 Å². The fourth-order valence-corrected chi connectivity index (χ4v) is 2.74. The number of allylic oxidation sites excluding steroid dienone is 1. The molecule has 3 nitrogen and oxygen atoms in total. The Morgan fingerprint density at radius 3 is 2.06 bits per heavy atom. The molecular formula is C15H31N3. The van der Waals surface area contributed by atoms with E-state index in [9.17, 15) is 0 Å². The first-order chi connectivity index (χ1) is 8.32. The van der Waals surface area contributed by atoms with Crippen molar-refractivity contribution >= 4 is 0 Å². The zero-order chi connectivity index (χ0) is 13.8. The van der Waals surface area contributed by atoms with E-state index in [0.717, 1.165) is 0 Å². The first kappa shape index (κ1) is 15.7. The highest BCUT2D eigenvalue weighted by Gasteiger charge is 2.29. The van der Waals surface area contributed by atoms with Gasteiger partial charge in [-0.3, -0.25) is 0 Å². The summed E-state index contributed by atoms with van der Waals surface area (Å²) in [5, 5.41) is 6.62. The number of likely N-dealkylation sites (N-methyl/N-ethyl adjacent to an activating group) is 3. The van der Waals surface area contributed by atoms with Crippen LogP contribution >= 0.6 is 0 Å². The number of hydrogen-bond donors (Lipinski definition) is 2. The molecule has 0 bridgehead atoms. The SMILES string of the molecule is CNC1(C)C=C(C)CC1.CN[C@]1(C)CCN(C)C1. The molecule has 0 aromatic rings. The van der Waals surface area contributed by atoms with E-state index in [2.05, 4.69) is 49.4 Å². The van der Waals surface area contributed by atoms with Crippen LogP contribution in [0.3, 0.4) is 0 Å². The minimum Gasteiger partial charge on any atom is -0.313 e. The lowest BCUT2D eigenvalue weighted by Gasteiger charge is -2.22. The molecule has 0 saturated carbocycles. The van der Waals surface area contributed by atoms with Gasteiger partial charge in [-0.1, -0.05) is 11.6 Å². The Bertz CT molecular complexity index is 300. The van der Waals surface area contributed by atoms with Gasteiger partial charge < -0.3 is 15.5 Å². The van der Waals surface area contributed by atoms with E-state index < -0.39 is 0 Å². The van der Waals surface area contributed by atoms with Gasteiger partial charge in [-0.2, -0.15) is 0 Å². The summed E-state index contributed by atoms with van der Waals surface area (Å²) < 4.78 is 0. The zero-order valence-electron chi connectivity index (χ0n) is 13.1. The summed E-state index contributed by atoms with van der Waals surface area (Å²) in [4.78, 5) is 2.36. The lowest BCUT2D eigenvalue weighted by molar-refractivity contribution is 0.350. The van der Waals surface area contributed by atoms with Crippen molar-refractivity contribution in [1.82, 2.24) is 15.5 Å². The quantitative estimate of drug-likeness (QED) is 0.737. The average Bonchev–Trinajstić information content (AvgIpc) is 2.85. The predicted molar refractivity (Wildman–Crippen MR) is 80.0 cm³/mol. The first-order valence-electron chi connectivity index (χ1n) is 7.07. The predicted octanol–water partition coefficient (Wildman–Crippen LogP) is 2.00. The van der Waals surface area contributed by atoms with Gasteiger partial charge >= 0.3 is 0 Å². The Morgan fingerprint density at radius 2 is 1.83 bits per heavy atom. The Hall–Kier alpha value is -0.380. The van der Waals surface area contributed by atoms with Gasteiger partial charge in [0, 0.05) is 17.6 Å². The van der Waals surface area contributed by atoms with Crippen LogP contribution in [0.5, 0.6) is 0 Å². The van der Waals surface area contributed by atoms with Crippen molar-refractivity contribution in [2.24, 2.45) is 0 Å². The number of likely N-dealkylation sites (tertiary alicyclic amines) is 1. The number of hydrogen-bond acceptors (Lipinski definition) is 3. The van der Waals surface area contributed by atoms with Gasteiger partial charge in [-0.05, 0) is 67.7 Å². The van der Waals surface area contributed by atoms with Gasteiger partial charge in [0.1, 0.15) is 0 Å². The third-order valence-corrected chi connectivity index (χ3v) is 4.44. The number of nitrogens with zero attached hydrogens (tertiary/aromatic N) is 1. The second kappa shape index (κ2) is 6.18. The highest BCUT2D eigenvalue weighted by Crippen LogP contribution is 2.26. The lowest BCUT2D eigenvalue weighted by atomic mass is 10.0. The van der Waals surface area contributed by atoms with Gasteiger partial charge in [-0.25, -0.2) is 0 Å². The van der Waals surface area contributed by atoms with Gasteiger partial charge in [-0.15, -0.1) is 0 Å². The minimum absolute atomic E-state index is 0.296. The molecule has 18 heavy (non-hydrogen) atoms. The number of rotatable bonds is 2. The van der Waals surface area contributed by atoms with E-state index in [1.54, 1.807) is 0 Å². The minimum atomic E-state index is 0.296. The molecule has 1 aliphatic heterocycles. The van der Waals surface area contributed by atoms with Crippen molar-refractivity contribution in [2.75, 3.05) is 34.2 Å². The molecule has 106 valence electrons. The molecular weight excluding hydrogens is 222 g/mol. The smallest absolute Gasteiger partial charge is 0.0338 e. The van der Waals surface area contributed by atoms with E-state index >= 15 is 0 Å². The van der Waals surface area contributed by atoms with Gasteiger partial charge in [0.15, 0.2) is 0 Å². The molecule has 0 spiro atoms. The van der Waals surface area contributed by atoms with Crippen molar-refractivity contribution < 1.29 is 0 Å². The third-order valence-electron chi connectivity index (χ3n) is 4.44. The number of nitrogens with one attached hydrogen (secondary N) is 2. The maximum absolute atomic E-state index is 3.33. The fraction of sp³-hybridized carbons (Fsp3) is 0.867. The molecule has 3 heteroatoms. The fourth-order valence-electron chi connectivity index (χ4n) is 2.74. The molecule has 2 rings (SSSR count). The molecule has 2 atom stereocenters. The van der Waals surface area contributed by atoms with Crippen molar-refractivity contribution in [3.63, 3.8) is 0 Å². The summed E-state index contributed by atoms with van der Waals surface area (Å²) in [6.07, 6.45) is 6.12. The molecule has 2 N–H and O–H groups in total. The van der Waals surface area contributed by atoms with E-state index in [1.165, 1.54) is 37.9 Å². The van der Waals surface area contributed by atoms with E-state index in [0.29, 0.717) is 11.1 Å². The van der Waals surface area contributed by atoms with Crippen LogP contribution in [0.2, 0.25) is 0 Å². The average molecular weight is 253 g/mol. The van der Waals surface area contributed by atoms with Gasteiger partial charge in [0.2, 0.25) is 0 Å². The van der Waals surface area contributed by atoms with E-state index in [1.807, 2.05) is 14.1 Å². The molecule has 1 heterocycles. The summed E-state index contributed by atoms with van der Waals surface area (Å²) in [6, 6.07) is 0. The molecule has 0 radical (unpaired) electrons.